The second kappa shape index (κ2) is 12.2. The Labute approximate surface area is 232 Å². The molecule has 0 aliphatic rings. The number of hydrogen-bond donors (Lipinski definition) is 1. The van der Waals surface area contributed by atoms with Crippen LogP contribution in [0.4, 0.5) is 10.2 Å². The number of nitrogens with one attached hydrogen (secondary N) is 1. The molecule has 2 amide bonds. The van der Waals surface area contributed by atoms with Gasteiger partial charge in [0.2, 0.25) is 11.8 Å². The van der Waals surface area contributed by atoms with Crippen molar-refractivity contribution in [3.8, 4) is 16.9 Å². The standard InChI is InChI=1S/C33H29FN4O2/c1-2-37(33(40)32(25-14-8-4-9-15-25)26-16-10-5-11-17-26)23-31(39)35-30-22-29(24-12-6-3-7-13-24)36-38(30)28-20-18-27(34)19-21-28/h3-22,32H,2,23H2,1H3,(H,35,39). The van der Waals surface area contributed by atoms with Crippen molar-refractivity contribution in [1.29, 1.82) is 0 Å². The minimum absolute atomic E-state index is 0.138. The number of aromatic nitrogens is 2. The Morgan fingerprint density at radius 1 is 0.825 bits per heavy atom. The van der Waals surface area contributed by atoms with Crippen LogP contribution in [0, 0.1) is 5.82 Å². The van der Waals surface area contributed by atoms with Crippen LogP contribution in [0.1, 0.15) is 24.0 Å². The molecule has 0 saturated heterocycles. The number of rotatable bonds is 9. The van der Waals surface area contributed by atoms with Crippen LogP contribution in [0.3, 0.4) is 0 Å². The van der Waals surface area contributed by atoms with Crippen LogP contribution in [0.2, 0.25) is 0 Å². The van der Waals surface area contributed by atoms with E-state index in [1.54, 1.807) is 27.8 Å². The quantitative estimate of drug-likeness (QED) is 0.242. The Bertz CT molecular complexity index is 1530. The van der Waals surface area contributed by atoms with Gasteiger partial charge in [-0.1, -0.05) is 91.0 Å². The van der Waals surface area contributed by atoms with Crippen molar-refractivity contribution >= 4 is 17.6 Å². The smallest absolute Gasteiger partial charge is 0.245 e. The Morgan fingerprint density at radius 2 is 1.38 bits per heavy atom. The summed E-state index contributed by atoms with van der Waals surface area (Å²) in [7, 11) is 0. The predicted molar refractivity (Wildman–Crippen MR) is 155 cm³/mol. The number of carbonyl (C=O) groups excluding carboxylic acids is 2. The summed E-state index contributed by atoms with van der Waals surface area (Å²) in [6.45, 7) is 2.07. The number of nitrogens with zero attached hydrogens (tertiary/aromatic N) is 3. The molecule has 1 heterocycles. The lowest BCUT2D eigenvalue weighted by Gasteiger charge is -2.26. The molecule has 0 aliphatic carbocycles. The summed E-state index contributed by atoms with van der Waals surface area (Å²) < 4.78 is 15.2. The zero-order chi connectivity index (χ0) is 27.9. The monoisotopic (exact) mass is 532 g/mol. The second-order valence-corrected chi connectivity index (χ2v) is 9.32. The number of carbonyl (C=O) groups is 2. The maximum atomic E-state index is 13.9. The van der Waals surface area contributed by atoms with E-state index in [0.717, 1.165) is 16.7 Å². The third kappa shape index (κ3) is 5.99. The lowest BCUT2D eigenvalue weighted by Crippen LogP contribution is -2.41. The number of amides is 2. The second-order valence-electron chi connectivity index (χ2n) is 9.32. The highest BCUT2D eigenvalue weighted by Gasteiger charge is 2.28. The Balaban J connectivity index is 1.41. The van der Waals surface area contributed by atoms with Gasteiger partial charge in [-0.3, -0.25) is 9.59 Å². The third-order valence-electron chi connectivity index (χ3n) is 6.66. The summed E-state index contributed by atoms with van der Waals surface area (Å²) in [5.74, 6) is -1.01. The van der Waals surface area contributed by atoms with Gasteiger partial charge in [0.15, 0.2) is 0 Å². The van der Waals surface area contributed by atoms with Gasteiger partial charge < -0.3 is 10.2 Å². The fourth-order valence-electron chi connectivity index (χ4n) is 4.65. The third-order valence-corrected chi connectivity index (χ3v) is 6.66. The van der Waals surface area contributed by atoms with Crippen molar-refractivity contribution in [3.63, 3.8) is 0 Å². The molecule has 5 aromatic rings. The topological polar surface area (TPSA) is 67.2 Å². The normalized spacial score (nSPS) is 10.9. The molecule has 200 valence electrons. The van der Waals surface area contributed by atoms with Crippen molar-refractivity contribution in [2.45, 2.75) is 12.8 Å². The van der Waals surface area contributed by atoms with Crippen LogP contribution in [-0.4, -0.2) is 39.6 Å². The molecule has 0 saturated carbocycles. The first-order chi connectivity index (χ1) is 19.5. The van der Waals surface area contributed by atoms with Crippen molar-refractivity contribution in [2.24, 2.45) is 0 Å². The maximum Gasteiger partial charge on any atom is 0.245 e. The van der Waals surface area contributed by atoms with Gasteiger partial charge in [-0.05, 0) is 42.3 Å². The number of anilines is 1. The maximum absolute atomic E-state index is 13.9. The molecular formula is C33H29FN4O2. The molecule has 0 bridgehead atoms. The minimum Gasteiger partial charge on any atom is -0.333 e. The highest BCUT2D eigenvalue weighted by atomic mass is 19.1. The average Bonchev–Trinajstić information content (AvgIpc) is 3.41. The van der Waals surface area contributed by atoms with E-state index in [1.807, 2.05) is 97.9 Å². The number of likely N-dealkylation sites (N-methyl/N-ethyl adjacent to an activating group) is 1. The molecular weight excluding hydrogens is 503 g/mol. The van der Waals surface area contributed by atoms with E-state index in [1.165, 1.54) is 12.1 Å². The molecule has 1 N–H and O–H groups in total. The van der Waals surface area contributed by atoms with Crippen LogP contribution in [0.5, 0.6) is 0 Å². The van der Waals surface area contributed by atoms with Gasteiger partial charge in [0.1, 0.15) is 11.6 Å². The fourth-order valence-corrected chi connectivity index (χ4v) is 4.65. The molecule has 0 unspecified atom stereocenters. The van der Waals surface area contributed by atoms with E-state index in [-0.39, 0.29) is 24.2 Å². The summed E-state index contributed by atoms with van der Waals surface area (Å²) >= 11 is 0. The van der Waals surface area contributed by atoms with Gasteiger partial charge in [-0.2, -0.15) is 5.10 Å². The van der Waals surface area contributed by atoms with Gasteiger partial charge in [0.25, 0.3) is 0 Å². The van der Waals surface area contributed by atoms with Gasteiger partial charge >= 0.3 is 0 Å². The fraction of sp³-hybridized carbons (Fsp3) is 0.121. The lowest BCUT2D eigenvalue weighted by atomic mass is 9.90. The zero-order valence-electron chi connectivity index (χ0n) is 22.1. The summed E-state index contributed by atoms with van der Waals surface area (Å²) in [5.41, 5.74) is 3.84. The van der Waals surface area contributed by atoms with Crippen LogP contribution in [0.15, 0.2) is 121 Å². The molecule has 0 radical (unpaired) electrons. The van der Waals surface area contributed by atoms with E-state index in [4.69, 9.17) is 0 Å². The summed E-state index contributed by atoms with van der Waals surface area (Å²) in [6, 6.07) is 36.4. The summed E-state index contributed by atoms with van der Waals surface area (Å²) in [4.78, 5) is 28.8. The minimum atomic E-state index is -0.537. The predicted octanol–water partition coefficient (Wildman–Crippen LogP) is 6.30. The molecule has 0 atom stereocenters. The SMILES string of the molecule is CCN(CC(=O)Nc1cc(-c2ccccc2)nn1-c1ccc(F)cc1)C(=O)C(c1ccccc1)c1ccccc1. The number of hydrogen-bond acceptors (Lipinski definition) is 3. The van der Waals surface area contributed by atoms with E-state index < -0.39 is 5.92 Å². The first kappa shape index (κ1) is 26.6. The molecule has 4 aromatic carbocycles. The van der Waals surface area contributed by atoms with E-state index in [0.29, 0.717) is 23.7 Å². The van der Waals surface area contributed by atoms with Crippen LogP contribution < -0.4 is 5.32 Å². The molecule has 6 nitrogen and oxygen atoms in total. The Hall–Kier alpha value is -5.04. The summed E-state index contributed by atoms with van der Waals surface area (Å²) in [6.07, 6.45) is 0. The highest BCUT2D eigenvalue weighted by molar-refractivity contribution is 5.96. The molecule has 5 rings (SSSR count). The van der Waals surface area contributed by atoms with E-state index in [9.17, 15) is 14.0 Å². The van der Waals surface area contributed by atoms with Crippen LogP contribution in [0.25, 0.3) is 16.9 Å². The molecule has 0 aliphatic heterocycles. The first-order valence-corrected chi connectivity index (χ1v) is 13.1. The average molecular weight is 533 g/mol. The highest BCUT2D eigenvalue weighted by Crippen LogP contribution is 2.28. The van der Waals surface area contributed by atoms with Gasteiger partial charge in [-0.25, -0.2) is 9.07 Å². The molecule has 0 fully saturated rings. The Morgan fingerprint density at radius 3 is 1.93 bits per heavy atom. The van der Waals surface area contributed by atoms with E-state index in [2.05, 4.69) is 10.4 Å². The van der Waals surface area contributed by atoms with Gasteiger partial charge in [-0.15, -0.1) is 0 Å². The Kier molecular flexibility index (Phi) is 8.11. The summed E-state index contributed by atoms with van der Waals surface area (Å²) in [5, 5.41) is 7.60. The first-order valence-electron chi connectivity index (χ1n) is 13.1. The molecule has 0 spiro atoms. The van der Waals surface area contributed by atoms with Crippen molar-refractivity contribution in [2.75, 3.05) is 18.4 Å². The van der Waals surface area contributed by atoms with Crippen LogP contribution in [-0.2, 0) is 9.59 Å². The molecule has 1 aromatic heterocycles. The largest absolute Gasteiger partial charge is 0.333 e. The van der Waals surface area contributed by atoms with Gasteiger partial charge in [0, 0.05) is 18.2 Å². The number of halogens is 1. The van der Waals surface area contributed by atoms with E-state index >= 15 is 0 Å². The van der Waals surface area contributed by atoms with Crippen molar-refractivity contribution in [3.05, 3.63) is 138 Å². The molecule has 7 heteroatoms. The van der Waals surface area contributed by atoms with Gasteiger partial charge in [0.05, 0.1) is 23.8 Å². The van der Waals surface area contributed by atoms with Crippen LogP contribution >= 0.6 is 0 Å². The number of benzene rings is 4. The zero-order valence-corrected chi connectivity index (χ0v) is 22.1. The molecule has 40 heavy (non-hydrogen) atoms. The van der Waals surface area contributed by atoms with Crippen molar-refractivity contribution < 1.29 is 14.0 Å². The van der Waals surface area contributed by atoms with Crippen molar-refractivity contribution in [1.82, 2.24) is 14.7 Å². The lowest BCUT2D eigenvalue weighted by molar-refractivity contribution is -0.135.